The molecule has 1 aromatic heterocycles. The quantitative estimate of drug-likeness (QED) is 0.158. The molecule has 0 unspecified atom stereocenters. The SMILES string of the molecule is CC1(C)c2ccccc2-c2ccc(N(c3ccc(-c4ccccc4)cc3)c3ccc(-c4ccc5c(ccc6c5ccc5nc(-c7ccccc7)sc56)c4)cc3)cc21. The third-order valence-electron chi connectivity index (χ3n) is 11.9. The van der Waals surface area contributed by atoms with Crippen LogP contribution in [-0.4, -0.2) is 4.98 Å². The van der Waals surface area contributed by atoms with E-state index in [1.165, 1.54) is 70.8 Å². The first-order chi connectivity index (χ1) is 28.0. The normalized spacial score (nSPS) is 12.9. The largest absolute Gasteiger partial charge is 0.310 e. The molecule has 0 saturated heterocycles. The lowest BCUT2D eigenvalue weighted by Crippen LogP contribution is -2.16. The Bertz CT molecular complexity index is 3120. The van der Waals surface area contributed by atoms with Gasteiger partial charge in [0.15, 0.2) is 0 Å². The highest BCUT2D eigenvalue weighted by molar-refractivity contribution is 7.22. The second-order valence-electron chi connectivity index (χ2n) is 15.6. The topological polar surface area (TPSA) is 16.1 Å². The number of nitrogens with zero attached hydrogens (tertiary/aromatic N) is 2. The molecule has 0 aliphatic heterocycles. The van der Waals surface area contributed by atoms with Gasteiger partial charge < -0.3 is 4.90 Å². The Morgan fingerprint density at radius 1 is 0.421 bits per heavy atom. The number of hydrogen-bond acceptors (Lipinski definition) is 3. The molecule has 57 heavy (non-hydrogen) atoms. The van der Waals surface area contributed by atoms with Crippen LogP contribution in [0.2, 0.25) is 0 Å². The summed E-state index contributed by atoms with van der Waals surface area (Å²) < 4.78 is 1.24. The van der Waals surface area contributed by atoms with E-state index in [1.807, 2.05) is 0 Å². The summed E-state index contributed by atoms with van der Waals surface area (Å²) >= 11 is 1.78. The minimum absolute atomic E-state index is 0.0895. The second-order valence-corrected chi connectivity index (χ2v) is 16.6. The predicted molar refractivity (Wildman–Crippen MR) is 243 cm³/mol. The Kier molecular flexibility index (Phi) is 7.74. The minimum atomic E-state index is -0.0895. The summed E-state index contributed by atoms with van der Waals surface area (Å²) in [6.45, 7) is 4.70. The summed E-state index contributed by atoms with van der Waals surface area (Å²) in [5, 5.41) is 6.08. The van der Waals surface area contributed by atoms with Crippen LogP contribution in [0.3, 0.4) is 0 Å². The van der Waals surface area contributed by atoms with Crippen LogP contribution < -0.4 is 4.90 Å². The van der Waals surface area contributed by atoms with Crippen molar-refractivity contribution in [3.8, 4) is 44.0 Å². The molecule has 1 aliphatic rings. The van der Waals surface area contributed by atoms with E-state index in [0.29, 0.717) is 0 Å². The lowest BCUT2D eigenvalue weighted by molar-refractivity contribution is 0.660. The van der Waals surface area contributed by atoms with E-state index in [0.717, 1.165) is 33.1 Å². The van der Waals surface area contributed by atoms with Crippen molar-refractivity contribution in [3.05, 3.63) is 205 Å². The van der Waals surface area contributed by atoms with Crippen molar-refractivity contribution in [1.82, 2.24) is 4.98 Å². The van der Waals surface area contributed by atoms with E-state index in [2.05, 4.69) is 213 Å². The Morgan fingerprint density at radius 3 is 1.72 bits per heavy atom. The molecule has 0 radical (unpaired) electrons. The third-order valence-corrected chi connectivity index (χ3v) is 13.1. The van der Waals surface area contributed by atoms with Crippen molar-refractivity contribution in [3.63, 3.8) is 0 Å². The van der Waals surface area contributed by atoms with Crippen LogP contribution in [0, 0.1) is 0 Å². The average molecular weight is 747 g/mol. The number of fused-ring (bicyclic) bond motifs is 8. The zero-order valence-electron chi connectivity index (χ0n) is 31.8. The number of thiazole rings is 1. The molecule has 0 bridgehead atoms. The molecule has 0 amide bonds. The second kappa shape index (κ2) is 13.2. The molecule has 0 saturated carbocycles. The molecule has 0 fully saturated rings. The van der Waals surface area contributed by atoms with Crippen LogP contribution in [0.25, 0.3) is 75.7 Å². The van der Waals surface area contributed by atoms with E-state index < -0.39 is 0 Å². The Morgan fingerprint density at radius 2 is 0.982 bits per heavy atom. The van der Waals surface area contributed by atoms with Gasteiger partial charge in [0.1, 0.15) is 5.01 Å². The molecule has 0 spiro atoms. The van der Waals surface area contributed by atoms with Crippen LogP contribution in [0.1, 0.15) is 25.0 Å². The van der Waals surface area contributed by atoms with E-state index in [-0.39, 0.29) is 5.41 Å². The molecule has 11 rings (SSSR count). The summed E-state index contributed by atoms with van der Waals surface area (Å²) in [4.78, 5) is 7.38. The van der Waals surface area contributed by atoms with Gasteiger partial charge in [-0.1, -0.05) is 159 Å². The fourth-order valence-electron chi connectivity index (χ4n) is 8.93. The highest BCUT2D eigenvalue weighted by Crippen LogP contribution is 2.51. The number of benzene rings is 9. The molecule has 1 aliphatic carbocycles. The average Bonchev–Trinajstić information content (AvgIpc) is 3.81. The van der Waals surface area contributed by atoms with Gasteiger partial charge in [0.25, 0.3) is 0 Å². The fourth-order valence-corrected chi connectivity index (χ4v) is 10.0. The number of hydrogen-bond donors (Lipinski definition) is 0. The van der Waals surface area contributed by atoms with Crippen molar-refractivity contribution in [2.45, 2.75) is 19.3 Å². The standard InChI is InChI=1S/C54H38N2S/c1-54(2)49-16-10-9-15-46(49)47-30-27-43(34-50(47)54)56(41-23-17-36(18-24-41)35-11-5-3-6-12-35)42-25-19-37(20-26-42)39-21-28-44-40(33-39)22-29-48-45(44)31-32-51-52(48)57-53(55-51)38-13-7-4-8-14-38/h3-34H,1-2H3. The summed E-state index contributed by atoms with van der Waals surface area (Å²) in [5.74, 6) is 0. The van der Waals surface area contributed by atoms with E-state index in [9.17, 15) is 0 Å². The molecule has 9 aromatic carbocycles. The third kappa shape index (κ3) is 5.57. The van der Waals surface area contributed by atoms with Crippen molar-refractivity contribution in [2.24, 2.45) is 0 Å². The maximum absolute atomic E-state index is 4.99. The molecule has 3 heteroatoms. The van der Waals surface area contributed by atoms with Gasteiger partial charge in [0.05, 0.1) is 10.2 Å². The Hall–Kier alpha value is -6.81. The molecular weight excluding hydrogens is 709 g/mol. The van der Waals surface area contributed by atoms with Crippen molar-refractivity contribution >= 4 is 60.2 Å². The Labute approximate surface area is 337 Å². The van der Waals surface area contributed by atoms with Gasteiger partial charge in [-0.25, -0.2) is 4.98 Å². The minimum Gasteiger partial charge on any atom is -0.310 e. The molecule has 0 atom stereocenters. The molecule has 2 nitrogen and oxygen atoms in total. The van der Waals surface area contributed by atoms with Crippen LogP contribution >= 0.6 is 11.3 Å². The first-order valence-corrected chi connectivity index (χ1v) is 20.4. The van der Waals surface area contributed by atoms with E-state index >= 15 is 0 Å². The smallest absolute Gasteiger partial charge is 0.124 e. The van der Waals surface area contributed by atoms with Gasteiger partial charge in [-0.15, -0.1) is 11.3 Å². The van der Waals surface area contributed by atoms with Crippen molar-refractivity contribution in [2.75, 3.05) is 4.90 Å². The molecule has 270 valence electrons. The predicted octanol–water partition coefficient (Wildman–Crippen LogP) is 15.4. The van der Waals surface area contributed by atoms with Gasteiger partial charge >= 0.3 is 0 Å². The molecule has 1 heterocycles. The summed E-state index contributed by atoms with van der Waals surface area (Å²) in [6, 6.07) is 70.8. The van der Waals surface area contributed by atoms with Crippen LogP contribution in [0.4, 0.5) is 17.1 Å². The van der Waals surface area contributed by atoms with Gasteiger partial charge in [-0.05, 0) is 109 Å². The molecule has 10 aromatic rings. The zero-order chi connectivity index (χ0) is 38.1. The number of aromatic nitrogens is 1. The van der Waals surface area contributed by atoms with Gasteiger partial charge in [-0.3, -0.25) is 0 Å². The van der Waals surface area contributed by atoms with Crippen molar-refractivity contribution < 1.29 is 0 Å². The van der Waals surface area contributed by atoms with E-state index in [4.69, 9.17) is 4.98 Å². The highest BCUT2D eigenvalue weighted by atomic mass is 32.1. The van der Waals surface area contributed by atoms with E-state index in [1.54, 1.807) is 11.3 Å². The maximum Gasteiger partial charge on any atom is 0.124 e. The van der Waals surface area contributed by atoms with Crippen molar-refractivity contribution in [1.29, 1.82) is 0 Å². The highest BCUT2D eigenvalue weighted by Gasteiger charge is 2.35. The maximum atomic E-state index is 4.99. The van der Waals surface area contributed by atoms with Gasteiger partial charge in [-0.2, -0.15) is 0 Å². The monoisotopic (exact) mass is 746 g/mol. The van der Waals surface area contributed by atoms with Crippen LogP contribution in [-0.2, 0) is 5.41 Å². The first-order valence-electron chi connectivity index (χ1n) is 19.6. The van der Waals surface area contributed by atoms with Gasteiger partial charge in [0, 0.05) is 33.4 Å². The molecular formula is C54H38N2S. The van der Waals surface area contributed by atoms with Crippen LogP contribution in [0.5, 0.6) is 0 Å². The lowest BCUT2D eigenvalue weighted by Gasteiger charge is -2.28. The Balaban J connectivity index is 0.966. The number of anilines is 3. The first kappa shape index (κ1) is 33.5. The van der Waals surface area contributed by atoms with Crippen LogP contribution in [0.15, 0.2) is 194 Å². The number of rotatable bonds is 6. The lowest BCUT2D eigenvalue weighted by atomic mass is 9.82. The zero-order valence-corrected chi connectivity index (χ0v) is 32.6. The van der Waals surface area contributed by atoms with Gasteiger partial charge in [0.2, 0.25) is 0 Å². The molecule has 0 N–H and O–H groups in total. The summed E-state index contributed by atoms with van der Waals surface area (Å²) in [6.07, 6.45) is 0. The summed E-state index contributed by atoms with van der Waals surface area (Å²) in [7, 11) is 0. The summed E-state index contributed by atoms with van der Waals surface area (Å²) in [5.41, 5.74) is 15.7. The fraction of sp³-hybridized carbons (Fsp3) is 0.0556.